The van der Waals surface area contributed by atoms with Crippen LogP contribution in [0, 0.1) is 5.82 Å². The number of hydrazine groups is 1. The Morgan fingerprint density at radius 1 is 1.14 bits per heavy atom. The molecule has 1 heterocycles. The van der Waals surface area contributed by atoms with Gasteiger partial charge in [-0.3, -0.25) is 15.6 Å². The van der Waals surface area contributed by atoms with Gasteiger partial charge in [-0.2, -0.15) is 9.77 Å². The standard InChI is InChI=1S/C18H18FN7O2S/c19-13-7-4-8-14(10-13)21-17(29)23-22-16(27)11-25-18(28)26(20)15(24-25)9-12-5-2-1-3-6-12/h1-8,10H,9,11,20H2,(H,22,27)(H2,21,23,29). The maximum atomic E-state index is 13.2. The largest absolute Gasteiger partial charge is 0.365 e. The molecular weight excluding hydrogens is 397 g/mol. The number of thiocarbonyl (C=S) groups is 1. The summed E-state index contributed by atoms with van der Waals surface area (Å²) in [5, 5.41) is 6.87. The van der Waals surface area contributed by atoms with E-state index in [1.54, 1.807) is 6.07 Å². The van der Waals surface area contributed by atoms with Crippen LogP contribution in [0.2, 0.25) is 0 Å². The predicted molar refractivity (Wildman–Crippen MR) is 110 cm³/mol. The Kier molecular flexibility index (Phi) is 6.19. The van der Waals surface area contributed by atoms with Gasteiger partial charge in [-0.05, 0) is 36.0 Å². The van der Waals surface area contributed by atoms with Gasteiger partial charge < -0.3 is 11.2 Å². The number of rotatable bonds is 5. The highest BCUT2D eigenvalue weighted by molar-refractivity contribution is 7.80. The highest BCUT2D eigenvalue weighted by Gasteiger charge is 2.14. The lowest BCUT2D eigenvalue weighted by molar-refractivity contribution is -0.122. The summed E-state index contributed by atoms with van der Waals surface area (Å²) < 4.78 is 15.0. The molecular formula is C18H18FN7O2S. The lowest BCUT2D eigenvalue weighted by atomic mass is 10.1. The number of carbonyl (C=O) groups excluding carboxylic acids is 1. The molecule has 1 amide bonds. The third-order valence-electron chi connectivity index (χ3n) is 3.84. The normalized spacial score (nSPS) is 10.4. The van der Waals surface area contributed by atoms with E-state index >= 15 is 0 Å². The number of hydrogen-bond donors (Lipinski definition) is 4. The fourth-order valence-corrected chi connectivity index (χ4v) is 2.67. The molecule has 0 aliphatic carbocycles. The van der Waals surface area contributed by atoms with Crippen molar-refractivity contribution in [1.82, 2.24) is 25.3 Å². The number of nitrogen functional groups attached to an aromatic ring is 1. The Hall–Kier alpha value is -3.73. The number of hydrogen-bond acceptors (Lipinski definition) is 5. The van der Waals surface area contributed by atoms with Gasteiger partial charge in [0.1, 0.15) is 12.4 Å². The van der Waals surface area contributed by atoms with Gasteiger partial charge in [-0.15, -0.1) is 0 Å². The van der Waals surface area contributed by atoms with Crippen LogP contribution in [0.3, 0.4) is 0 Å². The first-order chi connectivity index (χ1) is 13.9. The number of aromatic nitrogens is 3. The van der Waals surface area contributed by atoms with E-state index in [-0.39, 0.29) is 11.7 Å². The molecule has 0 aliphatic heterocycles. The minimum Gasteiger partial charge on any atom is -0.333 e. The molecule has 150 valence electrons. The van der Waals surface area contributed by atoms with E-state index in [2.05, 4.69) is 21.3 Å². The molecule has 2 aromatic carbocycles. The van der Waals surface area contributed by atoms with Gasteiger partial charge in [-0.1, -0.05) is 36.4 Å². The van der Waals surface area contributed by atoms with Crippen LogP contribution in [0.4, 0.5) is 10.1 Å². The lowest BCUT2D eigenvalue weighted by Crippen LogP contribution is -2.46. The zero-order valence-corrected chi connectivity index (χ0v) is 15.9. The number of benzene rings is 2. The molecule has 0 bridgehead atoms. The van der Waals surface area contributed by atoms with E-state index in [4.69, 9.17) is 18.1 Å². The average molecular weight is 415 g/mol. The van der Waals surface area contributed by atoms with Crippen molar-refractivity contribution in [2.45, 2.75) is 13.0 Å². The van der Waals surface area contributed by atoms with E-state index in [1.807, 2.05) is 30.3 Å². The van der Waals surface area contributed by atoms with Gasteiger partial charge in [0.25, 0.3) is 5.91 Å². The Labute approximate surface area is 170 Å². The summed E-state index contributed by atoms with van der Waals surface area (Å²) in [6.07, 6.45) is 0.348. The van der Waals surface area contributed by atoms with Crippen LogP contribution in [0.1, 0.15) is 11.4 Å². The van der Waals surface area contributed by atoms with Gasteiger partial charge in [0.05, 0.1) is 0 Å². The first-order valence-corrected chi connectivity index (χ1v) is 8.92. The molecule has 5 N–H and O–H groups in total. The van der Waals surface area contributed by atoms with Crippen molar-refractivity contribution in [2.24, 2.45) is 0 Å². The van der Waals surface area contributed by atoms with E-state index in [0.29, 0.717) is 17.9 Å². The molecule has 0 spiro atoms. The molecule has 0 atom stereocenters. The fraction of sp³-hybridized carbons (Fsp3) is 0.111. The van der Waals surface area contributed by atoms with E-state index in [0.717, 1.165) is 14.9 Å². The molecule has 0 fully saturated rings. The van der Waals surface area contributed by atoms with Crippen LogP contribution < -0.4 is 27.7 Å². The number of anilines is 1. The first kappa shape index (κ1) is 20.0. The number of amides is 1. The first-order valence-electron chi connectivity index (χ1n) is 8.51. The van der Waals surface area contributed by atoms with Crippen molar-refractivity contribution in [1.29, 1.82) is 0 Å². The molecule has 11 heteroatoms. The number of carbonyl (C=O) groups is 1. The zero-order valence-electron chi connectivity index (χ0n) is 15.1. The van der Waals surface area contributed by atoms with Crippen LogP contribution in [0.5, 0.6) is 0 Å². The molecule has 3 rings (SSSR count). The van der Waals surface area contributed by atoms with Crippen LogP contribution in [0.25, 0.3) is 0 Å². The van der Waals surface area contributed by atoms with Crippen LogP contribution in [0.15, 0.2) is 59.4 Å². The molecule has 0 aliphatic rings. The monoisotopic (exact) mass is 415 g/mol. The number of nitrogens with one attached hydrogen (secondary N) is 3. The summed E-state index contributed by atoms with van der Waals surface area (Å²) >= 11 is 5.02. The summed E-state index contributed by atoms with van der Waals surface area (Å²) in [6.45, 7) is -0.361. The van der Waals surface area contributed by atoms with Gasteiger partial charge in [0, 0.05) is 12.1 Å². The van der Waals surface area contributed by atoms with Crippen molar-refractivity contribution in [3.05, 3.63) is 82.3 Å². The smallest absolute Gasteiger partial charge is 0.333 e. The summed E-state index contributed by atoms with van der Waals surface area (Å²) in [5.74, 6) is 5.09. The third-order valence-corrected chi connectivity index (χ3v) is 4.04. The second-order valence-electron chi connectivity index (χ2n) is 6.03. The Balaban J connectivity index is 1.56. The summed E-state index contributed by atoms with van der Waals surface area (Å²) in [6, 6.07) is 15.0. The Morgan fingerprint density at radius 3 is 2.62 bits per heavy atom. The average Bonchev–Trinajstić information content (AvgIpc) is 2.95. The number of nitrogens with zero attached hydrogens (tertiary/aromatic N) is 3. The van der Waals surface area contributed by atoms with E-state index in [9.17, 15) is 14.0 Å². The van der Waals surface area contributed by atoms with Gasteiger partial charge >= 0.3 is 5.69 Å². The van der Waals surface area contributed by atoms with E-state index < -0.39 is 17.4 Å². The Morgan fingerprint density at radius 2 is 1.90 bits per heavy atom. The quantitative estimate of drug-likeness (QED) is 0.272. The summed E-state index contributed by atoms with van der Waals surface area (Å²) in [4.78, 5) is 24.3. The third kappa shape index (κ3) is 5.39. The van der Waals surface area contributed by atoms with E-state index in [1.165, 1.54) is 18.2 Å². The Bertz CT molecular complexity index is 1080. The molecule has 29 heavy (non-hydrogen) atoms. The predicted octanol–water partition coefficient (Wildman–Crippen LogP) is 0.506. The molecule has 0 unspecified atom stereocenters. The fourth-order valence-electron chi connectivity index (χ4n) is 2.50. The van der Waals surface area contributed by atoms with Gasteiger partial charge in [-0.25, -0.2) is 13.9 Å². The molecule has 1 aromatic heterocycles. The van der Waals surface area contributed by atoms with Crippen LogP contribution >= 0.6 is 12.2 Å². The number of nitrogens with two attached hydrogens (primary N) is 1. The van der Waals surface area contributed by atoms with Crippen LogP contribution in [-0.4, -0.2) is 25.5 Å². The lowest BCUT2D eigenvalue weighted by Gasteiger charge is -2.11. The maximum Gasteiger partial charge on any atom is 0.365 e. The molecule has 9 nitrogen and oxygen atoms in total. The highest BCUT2D eigenvalue weighted by Crippen LogP contribution is 2.08. The number of halogens is 1. The second kappa shape index (κ2) is 8.97. The molecule has 0 saturated heterocycles. The minimum absolute atomic E-state index is 0.0467. The van der Waals surface area contributed by atoms with Gasteiger partial charge in [0.15, 0.2) is 10.9 Å². The minimum atomic E-state index is -0.619. The highest BCUT2D eigenvalue weighted by atomic mass is 32.1. The second-order valence-corrected chi connectivity index (χ2v) is 6.43. The van der Waals surface area contributed by atoms with Crippen molar-refractivity contribution >= 4 is 28.9 Å². The summed E-state index contributed by atoms with van der Waals surface area (Å²) in [7, 11) is 0. The topological polar surface area (TPSA) is 119 Å². The molecule has 0 radical (unpaired) electrons. The zero-order chi connectivity index (χ0) is 20.8. The van der Waals surface area contributed by atoms with Crippen molar-refractivity contribution in [3.8, 4) is 0 Å². The SMILES string of the molecule is Nn1c(Cc2ccccc2)nn(CC(=O)NNC(=S)Nc2cccc(F)c2)c1=O. The van der Waals surface area contributed by atoms with Crippen molar-refractivity contribution in [2.75, 3.05) is 11.2 Å². The van der Waals surface area contributed by atoms with Crippen molar-refractivity contribution in [3.63, 3.8) is 0 Å². The maximum absolute atomic E-state index is 13.2. The molecule has 3 aromatic rings. The van der Waals surface area contributed by atoms with Crippen molar-refractivity contribution < 1.29 is 9.18 Å². The van der Waals surface area contributed by atoms with Gasteiger partial charge in [0.2, 0.25) is 0 Å². The molecule has 0 saturated carbocycles. The summed E-state index contributed by atoms with van der Waals surface area (Å²) in [5.41, 5.74) is 5.53. The van der Waals surface area contributed by atoms with Crippen LogP contribution in [-0.2, 0) is 17.8 Å².